The highest BCUT2D eigenvalue weighted by atomic mass is 16.5. The number of carbonyl (C=O) groups is 1. The molecule has 0 saturated carbocycles. The van der Waals surface area contributed by atoms with Gasteiger partial charge in [-0.25, -0.2) is 0 Å². The predicted octanol–water partition coefficient (Wildman–Crippen LogP) is 2.66. The van der Waals surface area contributed by atoms with E-state index in [2.05, 4.69) is 15.5 Å². The molecule has 1 aromatic heterocycles. The molecule has 1 heterocycles. The highest BCUT2D eigenvalue weighted by molar-refractivity contribution is 5.78. The molecule has 1 amide bonds. The lowest BCUT2D eigenvalue weighted by Crippen LogP contribution is -2.28. The first kappa shape index (κ1) is 21.3. The van der Waals surface area contributed by atoms with Crippen LogP contribution in [0.25, 0.3) is 16.7 Å². The summed E-state index contributed by atoms with van der Waals surface area (Å²) in [7, 11) is 1.60. The molecule has 0 saturated heterocycles. The molecule has 0 atom stereocenters. The van der Waals surface area contributed by atoms with Gasteiger partial charge in [-0.1, -0.05) is 36.4 Å². The van der Waals surface area contributed by atoms with Crippen LogP contribution < -0.4 is 14.8 Å². The molecule has 0 unspecified atom stereocenters. The Morgan fingerprint density at radius 3 is 2.44 bits per heavy atom. The lowest BCUT2D eigenvalue weighted by Gasteiger charge is -2.13. The average molecular weight is 432 g/mol. The van der Waals surface area contributed by atoms with E-state index in [4.69, 9.17) is 9.47 Å². The first-order valence-corrected chi connectivity index (χ1v) is 10.3. The van der Waals surface area contributed by atoms with Gasteiger partial charge in [0.25, 0.3) is 5.91 Å². The second kappa shape index (κ2) is 9.93. The predicted molar refractivity (Wildman–Crippen MR) is 120 cm³/mol. The van der Waals surface area contributed by atoms with Crippen LogP contribution in [0.15, 0.2) is 66.7 Å². The number of benzene rings is 3. The smallest absolute Gasteiger partial charge is 0.258 e. The highest BCUT2D eigenvalue weighted by Crippen LogP contribution is 2.25. The fourth-order valence-electron chi connectivity index (χ4n) is 3.33. The van der Waals surface area contributed by atoms with Crippen LogP contribution in [0.4, 0.5) is 0 Å². The van der Waals surface area contributed by atoms with Gasteiger partial charge >= 0.3 is 0 Å². The number of nitrogens with one attached hydrogen (secondary N) is 1. The molecular weight excluding hydrogens is 408 g/mol. The number of amides is 1. The van der Waals surface area contributed by atoms with Gasteiger partial charge in [0.2, 0.25) is 0 Å². The minimum Gasteiger partial charge on any atom is -0.496 e. The van der Waals surface area contributed by atoms with Crippen molar-refractivity contribution in [3.63, 3.8) is 0 Å². The summed E-state index contributed by atoms with van der Waals surface area (Å²) in [6.45, 7) is 0.197. The molecule has 2 N–H and O–H groups in total. The van der Waals surface area contributed by atoms with Gasteiger partial charge in [-0.2, -0.15) is 0 Å². The van der Waals surface area contributed by atoms with Gasteiger partial charge in [-0.05, 0) is 42.3 Å². The molecule has 0 bridgehead atoms. The first-order valence-electron chi connectivity index (χ1n) is 10.3. The van der Waals surface area contributed by atoms with Gasteiger partial charge in [-0.3, -0.25) is 4.79 Å². The third-order valence-electron chi connectivity index (χ3n) is 4.95. The lowest BCUT2D eigenvalue weighted by atomic mass is 10.1. The number of fused-ring (bicyclic) bond motifs is 1. The van der Waals surface area contributed by atoms with Gasteiger partial charge in [0.05, 0.1) is 7.11 Å². The number of para-hydroxylation sites is 1. The van der Waals surface area contributed by atoms with Gasteiger partial charge in [0, 0.05) is 18.7 Å². The highest BCUT2D eigenvalue weighted by Gasteiger charge is 2.13. The second-order valence-corrected chi connectivity index (χ2v) is 7.13. The monoisotopic (exact) mass is 432 g/mol. The van der Waals surface area contributed by atoms with Gasteiger partial charge < -0.3 is 19.9 Å². The van der Waals surface area contributed by atoms with E-state index in [-0.39, 0.29) is 19.1 Å². The summed E-state index contributed by atoms with van der Waals surface area (Å²) in [6.07, 6.45) is 0.494. The fourth-order valence-corrected chi connectivity index (χ4v) is 3.33. The molecule has 0 aliphatic heterocycles. The van der Waals surface area contributed by atoms with Crippen molar-refractivity contribution in [1.82, 2.24) is 20.3 Å². The molecule has 0 fully saturated rings. The zero-order chi connectivity index (χ0) is 22.3. The van der Waals surface area contributed by atoms with Crippen molar-refractivity contribution in [2.45, 2.75) is 13.0 Å². The van der Waals surface area contributed by atoms with Crippen LogP contribution in [0.3, 0.4) is 0 Å². The molecule has 4 aromatic rings. The molecule has 3 aromatic carbocycles. The summed E-state index contributed by atoms with van der Waals surface area (Å²) >= 11 is 0. The Kier molecular flexibility index (Phi) is 6.62. The van der Waals surface area contributed by atoms with Crippen molar-refractivity contribution in [2.24, 2.45) is 0 Å². The van der Waals surface area contributed by atoms with Crippen LogP contribution in [0.5, 0.6) is 11.5 Å². The number of aliphatic hydroxyl groups is 1. The minimum absolute atomic E-state index is 0.0273. The molecule has 8 nitrogen and oxygen atoms in total. The number of aliphatic hydroxyl groups excluding tert-OH is 1. The lowest BCUT2D eigenvalue weighted by molar-refractivity contribution is -0.123. The van der Waals surface area contributed by atoms with Crippen LogP contribution in [0.2, 0.25) is 0 Å². The zero-order valence-corrected chi connectivity index (χ0v) is 17.7. The van der Waals surface area contributed by atoms with Gasteiger partial charge in [-0.15, -0.1) is 15.0 Å². The summed E-state index contributed by atoms with van der Waals surface area (Å²) in [5.74, 6) is 0.923. The normalized spacial score (nSPS) is 10.8. The SMILES string of the molecule is COc1ccccc1CNC(=O)COc1ccc(CCO)cc1-n1nc2ccccc2n1. The van der Waals surface area contributed by atoms with E-state index < -0.39 is 0 Å². The van der Waals surface area contributed by atoms with Gasteiger partial charge in [0.1, 0.15) is 28.2 Å². The van der Waals surface area contributed by atoms with Crippen LogP contribution in [0, 0.1) is 0 Å². The summed E-state index contributed by atoms with van der Waals surface area (Å²) < 4.78 is 11.1. The Morgan fingerprint density at radius 1 is 1.00 bits per heavy atom. The molecular formula is C24H24N4O4. The summed E-state index contributed by atoms with van der Waals surface area (Å²) in [5, 5.41) is 21.2. The number of rotatable bonds is 9. The number of hydrogen-bond acceptors (Lipinski definition) is 6. The molecule has 0 aliphatic carbocycles. The molecule has 164 valence electrons. The zero-order valence-electron chi connectivity index (χ0n) is 17.7. The van der Waals surface area contributed by atoms with Crippen LogP contribution in [-0.2, 0) is 17.8 Å². The number of carbonyl (C=O) groups excluding carboxylic acids is 1. The molecule has 0 spiro atoms. The number of methoxy groups -OCH3 is 1. The van der Waals surface area contributed by atoms with E-state index >= 15 is 0 Å². The number of hydrogen-bond donors (Lipinski definition) is 2. The van der Waals surface area contributed by atoms with Gasteiger partial charge in [0.15, 0.2) is 6.61 Å². The van der Waals surface area contributed by atoms with E-state index in [1.54, 1.807) is 13.2 Å². The Morgan fingerprint density at radius 2 is 1.72 bits per heavy atom. The van der Waals surface area contributed by atoms with E-state index in [1.165, 1.54) is 4.80 Å². The third kappa shape index (κ3) is 4.87. The van der Waals surface area contributed by atoms with Crippen molar-refractivity contribution in [2.75, 3.05) is 20.3 Å². The number of aromatic nitrogens is 3. The maximum Gasteiger partial charge on any atom is 0.258 e. The summed E-state index contributed by atoms with van der Waals surface area (Å²) in [5.41, 5.74) is 3.90. The number of ether oxygens (including phenoxy) is 2. The molecule has 4 rings (SSSR count). The van der Waals surface area contributed by atoms with E-state index in [0.29, 0.717) is 30.2 Å². The summed E-state index contributed by atoms with van der Waals surface area (Å²) in [4.78, 5) is 13.9. The average Bonchev–Trinajstić information content (AvgIpc) is 3.26. The second-order valence-electron chi connectivity index (χ2n) is 7.13. The van der Waals surface area contributed by atoms with Crippen molar-refractivity contribution in [3.05, 3.63) is 77.9 Å². The largest absolute Gasteiger partial charge is 0.496 e. The van der Waals surface area contributed by atoms with E-state index in [9.17, 15) is 9.90 Å². The Bertz CT molecular complexity index is 1190. The Hall–Kier alpha value is -3.91. The van der Waals surface area contributed by atoms with Crippen LogP contribution in [-0.4, -0.2) is 46.3 Å². The maximum absolute atomic E-state index is 12.4. The molecule has 0 aliphatic rings. The molecule has 0 radical (unpaired) electrons. The first-order chi connectivity index (χ1) is 15.7. The topological polar surface area (TPSA) is 98.5 Å². The molecule has 32 heavy (non-hydrogen) atoms. The number of nitrogens with zero attached hydrogens (tertiary/aromatic N) is 3. The van der Waals surface area contributed by atoms with Crippen molar-refractivity contribution < 1.29 is 19.4 Å². The van der Waals surface area contributed by atoms with Crippen molar-refractivity contribution in [1.29, 1.82) is 0 Å². The summed E-state index contributed by atoms with van der Waals surface area (Å²) in [6, 6.07) is 20.5. The van der Waals surface area contributed by atoms with E-state index in [0.717, 1.165) is 22.2 Å². The van der Waals surface area contributed by atoms with E-state index in [1.807, 2.05) is 60.7 Å². The fraction of sp³-hybridized carbons (Fsp3) is 0.208. The van der Waals surface area contributed by atoms with Crippen molar-refractivity contribution >= 4 is 16.9 Å². The molecule has 8 heteroatoms. The standard InChI is InChI=1S/C24H24N4O4/c1-31-22-9-5-2-6-18(22)15-25-24(30)16-32-23-11-10-17(12-13-29)14-21(23)28-26-19-7-3-4-8-20(19)27-28/h2-11,14,29H,12-13,15-16H2,1H3,(H,25,30). The van der Waals surface area contributed by atoms with Crippen LogP contribution in [0.1, 0.15) is 11.1 Å². The van der Waals surface area contributed by atoms with Crippen molar-refractivity contribution in [3.8, 4) is 17.2 Å². The van der Waals surface area contributed by atoms with Crippen LogP contribution >= 0.6 is 0 Å². The Labute approximate surface area is 185 Å². The third-order valence-corrected chi connectivity index (χ3v) is 4.95. The maximum atomic E-state index is 12.4. The Balaban J connectivity index is 1.49. The minimum atomic E-state index is -0.264. The quantitative estimate of drug-likeness (QED) is 0.422.